The monoisotopic (exact) mass is 691 g/mol. The first kappa shape index (κ1) is 42.7. The van der Waals surface area contributed by atoms with Crippen LogP contribution in [-0.2, 0) is 16.0 Å². The van der Waals surface area contributed by atoms with Gasteiger partial charge in [0.2, 0.25) is 0 Å². The number of rotatable bonds is 27. The molecule has 0 spiro atoms. The Labute approximate surface area is 302 Å². The largest absolute Gasteiger partial charge is 0.490 e. The maximum atomic E-state index is 12.8. The molecule has 278 valence electrons. The van der Waals surface area contributed by atoms with Crippen molar-refractivity contribution in [2.75, 3.05) is 13.2 Å². The van der Waals surface area contributed by atoms with Gasteiger partial charge in [0.25, 0.3) is 5.91 Å². The Hall–Kier alpha value is -3.42. The summed E-state index contributed by atoms with van der Waals surface area (Å²) in [6.07, 6.45) is 21.5. The van der Waals surface area contributed by atoms with E-state index in [0.29, 0.717) is 30.7 Å². The number of ether oxygens (including phenoxy) is 2. The molecule has 0 saturated heterocycles. The summed E-state index contributed by atoms with van der Waals surface area (Å²) in [6, 6.07) is 16.9. The number of unbranched alkanes of at least 4 members (excludes halogenated alkanes) is 11. The Kier molecular flexibility index (Phi) is 21.8. The van der Waals surface area contributed by atoms with Gasteiger partial charge in [-0.3, -0.25) is 9.59 Å². The molecule has 2 aromatic rings. The number of carbonyl (C=O) groups excluding carboxylic acids is 2. The first-order chi connectivity index (χ1) is 24.1. The van der Waals surface area contributed by atoms with Crippen molar-refractivity contribution >= 4 is 11.9 Å². The molecule has 2 aromatic carbocycles. The lowest BCUT2D eigenvalue weighted by molar-refractivity contribution is -0.150. The van der Waals surface area contributed by atoms with E-state index in [-0.39, 0.29) is 24.9 Å². The molecule has 2 rings (SSSR count). The van der Waals surface area contributed by atoms with Gasteiger partial charge < -0.3 is 25.0 Å². The summed E-state index contributed by atoms with van der Waals surface area (Å²) in [5.74, 6) is 0.315. The van der Waals surface area contributed by atoms with E-state index in [0.717, 1.165) is 43.2 Å². The van der Waals surface area contributed by atoms with E-state index >= 15 is 0 Å². The maximum Gasteiger partial charge on any atom is 0.306 e. The van der Waals surface area contributed by atoms with Crippen molar-refractivity contribution in [2.24, 2.45) is 0 Å². The minimum absolute atomic E-state index is 0.0881. The summed E-state index contributed by atoms with van der Waals surface area (Å²) in [6.45, 7) is 8.00. The van der Waals surface area contributed by atoms with Crippen molar-refractivity contribution in [3.63, 3.8) is 0 Å². The summed E-state index contributed by atoms with van der Waals surface area (Å²) >= 11 is 0. The number of aliphatic hydroxyl groups excluding tert-OH is 1. The van der Waals surface area contributed by atoms with Crippen molar-refractivity contribution in [3.05, 3.63) is 89.5 Å². The fraction of sp³-hybridized carbons (Fsp3) is 0.581. The minimum Gasteiger partial charge on any atom is -0.490 e. The molecule has 0 unspecified atom stereocenters. The second-order valence-electron chi connectivity index (χ2n) is 14.0. The fourth-order valence-corrected chi connectivity index (χ4v) is 5.54. The van der Waals surface area contributed by atoms with Gasteiger partial charge in [-0.2, -0.15) is 0 Å². The Morgan fingerprint density at radius 3 is 2.06 bits per heavy atom. The molecule has 0 radical (unpaired) electrons. The molecule has 0 aromatic heterocycles. The van der Waals surface area contributed by atoms with Crippen molar-refractivity contribution in [1.82, 2.24) is 5.32 Å². The average molecular weight is 692 g/mol. The number of hydrogen-bond acceptors (Lipinski definition) is 6. The van der Waals surface area contributed by atoms with E-state index in [1.54, 1.807) is 26.0 Å². The molecule has 0 fully saturated rings. The number of carbonyl (C=O) groups is 2. The zero-order valence-electron chi connectivity index (χ0n) is 31.3. The number of aliphatic hydroxyl groups is 2. The van der Waals surface area contributed by atoms with Crippen molar-refractivity contribution < 1.29 is 29.3 Å². The van der Waals surface area contributed by atoms with Crippen LogP contribution in [-0.4, -0.2) is 53.1 Å². The van der Waals surface area contributed by atoms with Crippen LogP contribution in [0.2, 0.25) is 0 Å². The van der Waals surface area contributed by atoms with E-state index < -0.39 is 17.8 Å². The lowest BCUT2D eigenvalue weighted by atomic mass is 9.94. The number of hydrogen-bond donors (Lipinski definition) is 3. The SMILES string of the molecule is CCCCCCCCC=CCCCCCCCC(=O)O[C@H](C[C@@H](O)C(C)(C)O)/C(C)=C/COc1ccc(CCNC(=O)c2ccccc2)cc1. The second-order valence-corrected chi connectivity index (χ2v) is 14.0. The van der Waals surface area contributed by atoms with Gasteiger partial charge >= 0.3 is 5.97 Å². The smallest absolute Gasteiger partial charge is 0.306 e. The van der Waals surface area contributed by atoms with Crippen LogP contribution >= 0.6 is 0 Å². The highest BCUT2D eigenvalue weighted by molar-refractivity contribution is 5.94. The first-order valence-corrected chi connectivity index (χ1v) is 19.1. The number of esters is 1. The van der Waals surface area contributed by atoms with Gasteiger partial charge in [-0.15, -0.1) is 0 Å². The summed E-state index contributed by atoms with van der Waals surface area (Å²) in [5, 5.41) is 23.9. The molecular weight excluding hydrogens is 626 g/mol. The van der Waals surface area contributed by atoms with Crippen LogP contribution in [0.5, 0.6) is 5.75 Å². The topological polar surface area (TPSA) is 105 Å². The Morgan fingerprint density at radius 1 is 0.840 bits per heavy atom. The van der Waals surface area contributed by atoms with E-state index in [1.165, 1.54) is 51.4 Å². The molecule has 0 aliphatic heterocycles. The van der Waals surface area contributed by atoms with Crippen LogP contribution in [0.15, 0.2) is 78.4 Å². The standard InChI is InChI=1S/C43H65NO6/c1-5-6-7-8-9-10-11-12-13-14-15-16-17-18-22-25-41(46)50-39(34-40(45)43(3,4)48)35(2)31-33-49-38-28-26-36(27-29-38)30-32-44-42(47)37-23-20-19-21-24-37/h12-13,19-21,23-24,26-29,31,39-40,45,48H,5-11,14-18,22,25,30,32-34H2,1-4H3,(H,44,47)/b13-12?,35-31+/t39-,40-/m1/s1. The van der Waals surface area contributed by atoms with Gasteiger partial charge in [0.1, 0.15) is 18.5 Å². The third-order valence-electron chi connectivity index (χ3n) is 8.99. The molecule has 0 heterocycles. The molecule has 1 amide bonds. The highest BCUT2D eigenvalue weighted by Crippen LogP contribution is 2.22. The minimum atomic E-state index is -1.32. The van der Waals surface area contributed by atoms with E-state index in [9.17, 15) is 19.8 Å². The third-order valence-corrected chi connectivity index (χ3v) is 8.99. The van der Waals surface area contributed by atoms with Crippen LogP contribution in [0.4, 0.5) is 0 Å². The van der Waals surface area contributed by atoms with Crippen molar-refractivity contribution in [1.29, 1.82) is 0 Å². The highest BCUT2D eigenvalue weighted by atomic mass is 16.5. The molecule has 0 aliphatic carbocycles. The van der Waals surface area contributed by atoms with Crippen LogP contribution < -0.4 is 10.1 Å². The number of nitrogens with one attached hydrogen (secondary N) is 1. The lowest BCUT2D eigenvalue weighted by Gasteiger charge is -2.28. The molecule has 50 heavy (non-hydrogen) atoms. The quantitative estimate of drug-likeness (QED) is 0.0490. The van der Waals surface area contributed by atoms with Crippen LogP contribution in [0.3, 0.4) is 0 Å². The van der Waals surface area contributed by atoms with Crippen LogP contribution in [0.25, 0.3) is 0 Å². The van der Waals surface area contributed by atoms with Gasteiger partial charge in [-0.1, -0.05) is 101 Å². The van der Waals surface area contributed by atoms with Gasteiger partial charge in [-0.05, 0) is 101 Å². The molecule has 0 bridgehead atoms. The van der Waals surface area contributed by atoms with E-state index in [4.69, 9.17) is 9.47 Å². The predicted molar refractivity (Wildman–Crippen MR) is 204 cm³/mol. The molecule has 7 heteroatoms. The van der Waals surface area contributed by atoms with Gasteiger partial charge in [0, 0.05) is 24.9 Å². The normalized spacial score (nSPS) is 13.3. The molecule has 2 atom stereocenters. The maximum absolute atomic E-state index is 12.8. The third kappa shape index (κ3) is 19.7. The number of amides is 1. The Morgan fingerprint density at radius 2 is 1.44 bits per heavy atom. The predicted octanol–water partition coefficient (Wildman–Crippen LogP) is 9.46. The number of allylic oxidation sites excluding steroid dienone is 2. The van der Waals surface area contributed by atoms with Crippen molar-refractivity contribution in [2.45, 2.75) is 148 Å². The summed E-state index contributed by atoms with van der Waals surface area (Å²) in [4.78, 5) is 25.0. The Bertz CT molecular complexity index is 1250. The zero-order valence-corrected chi connectivity index (χ0v) is 31.3. The van der Waals surface area contributed by atoms with Crippen LogP contribution in [0, 0.1) is 0 Å². The Balaban J connectivity index is 1.71. The van der Waals surface area contributed by atoms with Gasteiger partial charge in [0.15, 0.2) is 0 Å². The van der Waals surface area contributed by atoms with E-state index in [1.807, 2.05) is 55.5 Å². The van der Waals surface area contributed by atoms with Gasteiger partial charge in [-0.25, -0.2) is 0 Å². The highest BCUT2D eigenvalue weighted by Gasteiger charge is 2.30. The number of benzene rings is 2. The summed E-state index contributed by atoms with van der Waals surface area (Å²) < 4.78 is 11.7. The van der Waals surface area contributed by atoms with E-state index in [2.05, 4.69) is 24.4 Å². The molecule has 0 aliphatic rings. The molecule has 0 saturated carbocycles. The molecular formula is C43H65NO6. The van der Waals surface area contributed by atoms with Gasteiger partial charge in [0.05, 0.1) is 11.7 Å². The summed E-state index contributed by atoms with van der Waals surface area (Å²) in [7, 11) is 0. The fourth-order valence-electron chi connectivity index (χ4n) is 5.54. The lowest BCUT2D eigenvalue weighted by Crippen LogP contribution is -2.39. The average Bonchev–Trinajstić information content (AvgIpc) is 3.10. The molecule has 3 N–H and O–H groups in total. The summed E-state index contributed by atoms with van der Waals surface area (Å²) in [5.41, 5.74) is 1.16. The van der Waals surface area contributed by atoms with Crippen molar-refractivity contribution in [3.8, 4) is 5.75 Å². The second kappa shape index (κ2) is 25.5. The van der Waals surface area contributed by atoms with Crippen LogP contribution in [0.1, 0.15) is 140 Å². The first-order valence-electron chi connectivity index (χ1n) is 19.1. The zero-order chi connectivity index (χ0) is 36.5. The molecule has 7 nitrogen and oxygen atoms in total.